The van der Waals surface area contributed by atoms with Gasteiger partial charge >= 0.3 is 0 Å². The van der Waals surface area contributed by atoms with E-state index in [1.165, 1.54) is 0 Å². The number of hydrogen-bond donors (Lipinski definition) is 1. The molecule has 0 N–H and O–H groups in total. The highest BCUT2D eigenvalue weighted by Gasteiger charge is 2.19. The summed E-state index contributed by atoms with van der Waals surface area (Å²) in [6.45, 7) is 7.66. The molecule has 1 aromatic heterocycles. The molecule has 1 aromatic rings. The predicted octanol–water partition coefficient (Wildman–Crippen LogP) is 3.28. The minimum atomic E-state index is -0.0219. The van der Waals surface area contributed by atoms with Crippen molar-refractivity contribution in [3.05, 3.63) is 29.7 Å². The molecule has 1 rings (SSSR count). The average molecular weight is 327 g/mol. The molecule has 0 aliphatic heterocycles. The molecule has 1 heterocycles. The smallest absolute Gasteiger partial charge is 0.227 e. The van der Waals surface area contributed by atoms with E-state index in [9.17, 15) is 4.79 Å². The van der Waals surface area contributed by atoms with Crippen molar-refractivity contribution >= 4 is 48.2 Å². The Morgan fingerprint density at radius 3 is 2.95 bits per heavy atom. The van der Waals surface area contributed by atoms with E-state index < -0.39 is 0 Å². The van der Waals surface area contributed by atoms with Crippen molar-refractivity contribution in [2.75, 3.05) is 17.2 Å². The van der Waals surface area contributed by atoms with E-state index >= 15 is 0 Å². The SMILES string of the molecule is C=NC=CC=C(C)n1cc(N(CC)C(=O)CCS)c(Cl)n1. The molecule has 7 heteroatoms. The number of nitrogens with zero attached hydrogens (tertiary/aromatic N) is 4. The van der Waals surface area contributed by atoms with Gasteiger partial charge in [-0.3, -0.25) is 9.79 Å². The standard InChI is InChI=1S/C14H19ClN4OS/c1-4-18(13(20)7-9-21)12-10-19(17-14(12)15)11(2)6-5-8-16-3/h5-6,8,10,21H,3-4,7,9H2,1-2H3. The monoisotopic (exact) mass is 326 g/mol. The van der Waals surface area contributed by atoms with Crippen LogP contribution in [-0.2, 0) is 4.79 Å². The Hall–Kier alpha value is -1.53. The highest BCUT2D eigenvalue weighted by atomic mass is 35.5. The number of amides is 1. The van der Waals surface area contributed by atoms with Crippen LogP contribution in [0.4, 0.5) is 5.69 Å². The quantitative estimate of drug-likeness (QED) is 0.475. The van der Waals surface area contributed by atoms with Crippen LogP contribution in [0, 0.1) is 0 Å². The van der Waals surface area contributed by atoms with Gasteiger partial charge in [-0.15, -0.1) is 0 Å². The zero-order valence-corrected chi connectivity index (χ0v) is 13.8. The van der Waals surface area contributed by atoms with Gasteiger partial charge in [0.15, 0.2) is 5.15 Å². The maximum Gasteiger partial charge on any atom is 0.227 e. The van der Waals surface area contributed by atoms with Gasteiger partial charge in [-0.05, 0) is 38.5 Å². The zero-order valence-electron chi connectivity index (χ0n) is 12.2. The molecule has 0 radical (unpaired) electrons. The summed E-state index contributed by atoms with van der Waals surface area (Å²) >= 11 is 10.2. The molecule has 0 unspecified atom stereocenters. The Kier molecular flexibility index (Phi) is 7.25. The van der Waals surface area contributed by atoms with Crippen LogP contribution in [0.15, 0.2) is 29.5 Å². The van der Waals surface area contributed by atoms with Gasteiger partial charge in [0.05, 0.1) is 6.20 Å². The van der Waals surface area contributed by atoms with Crippen LogP contribution >= 0.6 is 24.2 Å². The van der Waals surface area contributed by atoms with Crippen molar-refractivity contribution in [1.29, 1.82) is 0 Å². The molecular formula is C14H19ClN4OS. The second-order valence-corrected chi connectivity index (χ2v) is 5.00. The summed E-state index contributed by atoms with van der Waals surface area (Å²) in [6, 6.07) is 0. The van der Waals surface area contributed by atoms with Crippen molar-refractivity contribution in [3.8, 4) is 0 Å². The number of halogens is 1. The fourth-order valence-electron chi connectivity index (χ4n) is 1.74. The van der Waals surface area contributed by atoms with E-state index in [-0.39, 0.29) is 5.91 Å². The van der Waals surface area contributed by atoms with Crippen LogP contribution in [0.1, 0.15) is 20.3 Å². The molecule has 0 fully saturated rings. The molecule has 21 heavy (non-hydrogen) atoms. The van der Waals surface area contributed by atoms with Crippen LogP contribution in [-0.4, -0.2) is 34.7 Å². The maximum atomic E-state index is 12.1. The van der Waals surface area contributed by atoms with E-state index in [1.807, 2.05) is 19.9 Å². The Balaban J connectivity index is 3.05. The third kappa shape index (κ3) is 4.75. The number of aromatic nitrogens is 2. The third-order valence-corrected chi connectivity index (χ3v) is 3.27. The van der Waals surface area contributed by atoms with Crippen LogP contribution in [0.3, 0.4) is 0 Å². The first kappa shape index (κ1) is 17.5. The van der Waals surface area contributed by atoms with Gasteiger partial charge in [-0.2, -0.15) is 17.7 Å². The zero-order chi connectivity index (χ0) is 15.8. The Morgan fingerprint density at radius 1 is 1.67 bits per heavy atom. The fourth-order valence-corrected chi connectivity index (χ4v) is 2.16. The molecule has 114 valence electrons. The molecule has 0 aliphatic rings. The first-order chi connectivity index (χ1) is 10.0. The molecule has 0 saturated carbocycles. The van der Waals surface area contributed by atoms with E-state index in [4.69, 9.17) is 11.6 Å². The van der Waals surface area contributed by atoms with Crippen LogP contribution < -0.4 is 4.90 Å². The second kappa shape index (κ2) is 8.69. The van der Waals surface area contributed by atoms with Gasteiger partial charge in [0, 0.05) is 24.9 Å². The highest BCUT2D eigenvalue weighted by molar-refractivity contribution is 7.80. The van der Waals surface area contributed by atoms with Crippen LogP contribution in [0.5, 0.6) is 0 Å². The number of thiol groups is 1. The summed E-state index contributed by atoms with van der Waals surface area (Å²) in [6.07, 6.45) is 7.25. The Morgan fingerprint density at radius 2 is 2.38 bits per heavy atom. The van der Waals surface area contributed by atoms with E-state index in [1.54, 1.807) is 28.1 Å². The summed E-state index contributed by atoms with van der Waals surface area (Å²) in [4.78, 5) is 17.3. The first-order valence-electron chi connectivity index (χ1n) is 6.51. The summed E-state index contributed by atoms with van der Waals surface area (Å²) in [5, 5.41) is 4.52. The van der Waals surface area contributed by atoms with Crippen LogP contribution in [0.25, 0.3) is 5.70 Å². The lowest BCUT2D eigenvalue weighted by Gasteiger charge is -2.18. The van der Waals surface area contributed by atoms with Crippen molar-refractivity contribution in [3.63, 3.8) is 0 Å². The maximum absolute atomic E-state index is 12.1. The number of carbonyl (C=O) groups excluding carboxylic acids is 1. The van der Waals surface area contributed by atoms with Crippen molar-refractivity contribution in [1.82, 2.24) is 9.78 Å². The third-order valence-electron chi connectivity index (χ3n) is 2.78. The summed E-state index contributed by atoms with van der Waals surface area (Å²) < 4.78 is 1.63. The molecule has 0 aliphatic carbocycles. The lowest BCUT2D eigenvalue weighted by Crippen LogP contribution is -2.30. The molecule has 0 spiro atoms. The number of hydrogen-bond acceptors (Lipinski definition) is 4. The van der Waals surface area contributed by atoms with E-state index in [0.29, 0.717) is 29.6 Å². The lowest BCUT2D eigenvalue weighted by atomic mass is 10.3. The average Bonchev–Trinajstić information content (AvgIpc) is 2.82. The molecule has 5 nitrogen and oxygen atoms in total. The van der Waals surface area contributed by atoms with Crippen molar-refractivity contribution in [2.24, 2.45) is 4.99 Å². The van der Waals surface area contributed by atoms with Crippen molar-refractivity contribution in [2.45, 2.75) is 20.3 Å². The number of aliphatic imine (C=N–C) groups is 1. The Labute approximate surface area is 135 Å². The Bertz CT molecular complexity index is 565. The van der Waals surface area contributed by atoms with E-state index in [2.05, 4.69) is 29.4 Å². The summed E-state index contributed by atoms with van der Waals surface area (Å²) in [7, 11) is 0. The molecule has 0 aromatic carbocycles. The summed E-state index contributed by atoms with van der Waals surface area (Å²) in [5.74, 6) is 0.477. The molecular weight excluding hydrogens is 308 g/mol. The number of allylic oxidation sites excluding steroid dienone is 3. The lowest BCUT2D eigenvalue weighted by molar-refractivity contribution is -0.118. The van der Waals surface area contributed by atoms with Gasteiger partial charge in [-0.25, -0.2) is 4.68 Å². The van der Waals surface area contributed by atoms with E-state index in [0.717, 1.165) is 5.70 Å². The minimum Gasteiger partial charge on any atom is -0.308 e. The van der Waals surface area contributed by atoms with Crippen LogP contribution in [0.2, 0.25) is 5.15 Å². The molecule has 0 atom stereocenters. The highest BCUT2D eigenvalue weighted by Crippen LogP contribution is 2.26. The first-order valence-corrected chi connectivity index (χ1v) is 7.52. The second-order valence-electron chi connectivity index (χ2n) is 4.19. The predicted molar refractivity (Wildman–Crippen MR) is 92.4 cm³/mol. The molecule has 0 bridgehead atoms. The fraction of sp³-hybridized carbons (Fsp3) is 0.357. The van der Waals surface area contributed by atoms with Crippen molar-refractivity contribution < 1.29 is 4.79 Å². The minimum absolute atomic E-state index is 0.0219. The topological polar surface area (TPSA) is 50.5 Å². The summed E-state index contributed by atoms with van der Waals surface area (Å²) in [5.41, 5.74) is 1.45. The molecule has 0 saturated heterocycles. The number of rotatable bonds is 7. The molecule has 1 amide bonds. The largest absolute Gasteiger partial charge is 0.308 e. The number of carbonyl (C=O) groups is 1. The number of anilines is 1. The van der Waals surface area contributed by atoms with Gasteiger partial charge in [-0.1, -0.05) is 11.6 Å². The van der Waals surface area contributed by atoms with Gasteiger partial charge in [0.25, 0.3) is 0 Å². The normalized spacial score (nSPS) is 11.9. The van der Waals surface area contributed by atoms with Gasteiger partial charge in [0.2, 0.25) is 5.91 Å². The van der Waals surface area contributed by atoms with Gasteiger partial charge < -0.3 is 4.90 Å². The van der Waals surface area contributed by atoms with Gasteiger partial charge in [0.1, 0.15) is 5.69 Å².